The van der Waals surface area contributed by atoms with Crippen molar-refractivity contribution < 1.29 is 9.53 Å². The maximum absolute atomic E-state index is 12.1. The quantitative estimate of drug-likeness (QED) is 0.789. The molecule has 0 saturated carbocycles. The molecule has 0 radical (unpaired) electrons. The minimum Gasteiger partial charge on any atom is -0.497 e. The van der Waals surface area contributed by atoms with E-state index in [1.165, 1.54) is 5.69 Å². The van der Waals surface area contributed by atoms with Crippen LogP contribution in [0.15, 0.2) is 24.3 Å². The number of carbonyl (C=O) groups excluding carboxylic acids is 1. The summed E-state index contributed by atoms with van der Waals surface area (Å²) < 4.78 is 5.17. The Hall–Kier alpha value is -1.23. The van der Waals surface area contributed by atoms with E-state index in [-0.39, 0.29) is 10.7 Å². The Balaban J connectivity index is 1.92. The van der Waals surface area contributed by atoms with Gasteiger partial charge in [-0.05, 0) is 30.7 Å². The van der Waals surface area contributed by atoms with Gasteiger partial charge in [-0.3, -0.25) is 4.79 Å². The van der Waals surface area contributed by atoms with Crippen LogP contribution in [0.1, 0.15) is 13.3 Å². The monoisotopic (exact) mass is 340 g/mol. The fraction of sp³-hybridized carbons (Fsp3) is 0.533. The summed E-state index contributed by atoms with van der Waals surface area (Å²) in [6.07, 6.45) is 0.831. The number of piperazine rings is 1. The molecule has 1 heterocycles. The highest BCUT2D eigenvalue weighted by Crippen LogP contribution is 2.21. The van der Waals surface area contributed by atoms with Crippen molar-refractivity contribution in [3.63, 3.8) is 0 Å². The topological polar surface area (TPSA) is 32.8 Å². The number of alkyl halides is 1. The van der Waals surface area contributed by atoms with Crippen molar-refractivity contribution in [1.29, 1.82) is 0 Å². The van der Waals surface area contributed by atoms with E-state index in [1.54, 1.807) is 7.11 Å². The highest BCUT2D eigenvalue weighted by atomic mass is 79.9. The van der Waals surface area contributed by atoms with Gasteiger partial charge in [-0.2, -0.15) is 0 Å². The molecule has 1 saturated heterocycles. The molecule has 1 aromatic carbocycles. The lowest BCUT2D eigenvalue weighted by Crippen LogP contribution is -2.50. The van der Waals surface area contributed by atoms with Crippen molar-refractivity contribution in [2.24, 2.45) is 0 Å². The first kappa shape index (κ1) is 15.2. The molecule has 1 aromatic rings. The number of benzene rings is 1. The van der Waals surface area contributed by atoms with Crippen molar-refractivity contribution in [1.82, 2.24) is 4.90 Å². The summed E-state index contributed by atoms with van der Waals surface area (Å²) in [5.41, 5.74) is 1.18. The number of nitrogens with zero attached hydrogens (tertiary/aromatic N) is 2. The van der Waals surface area contributed by atoms with Crippen molar-refractivity contribution in [3.05, 3.63) is 24.3 Å². The van der Waals surface area contributed by atoms with Gasteiger partial charge in [0.05, 0.1) is 11.9 Å². The molecule has 0 aromatic heterocycles. The summed E-state index contributed by atoms with van der Waals surface area (Å²) in [5, 5.41) is 0. The van der Waals surface area contributed by atoms with Crippen molar-refractivity contribution in [2.75, 3.05) is 38.2 Å². The van der Waals surface area contributed by atoms with E-state index in [2.05, 4.69) is 33.0 Å². The van der Waals surface area contributed by atoms with Crippen molar-refractivity contribution in [2.45, 2.75) is 18.2 Å². The number of methoxy groups -OCH3 is 1. The van der Waals surface area contributed by atoms with Gasteiger partial charge in [0.15, 0.2) is 0 Å². The number of ether oxygens (including phenoxy) is 1. The molecule has 1 unspecified atom stereocenters. The van der Waals surface area contributed by atoms with Crippen molar-refractivity contribution in [3.8, 4) is 5.75 Å². The average molecular weight is 341 g/mol. The van der Waals surface area contributed by atoms with Crippen LogP contribution in [0, 0.1) is 0 Å². The highest BCUT2D eigenvalue weighted by molar-refractivity contribution is 9.10. The molecule has 1 aliphatic heterocycles. The summed E-state index contributed by atoms with van der Waals surface area (Å²) in [5.74, 6) is 1.08. The molecule has 1 amide bonds. The third-order valence-corrected chi connectivity index (χ3v) is 4.69. The Kier molecular flexibility index (Phi) is 5.29. The molecule has 0 spiro atoms. The largest absolute Gasteiger partial charge is 0.497 e. The van der Waals surface area contributed by atoms with Crippen LogP contribution in [0.2, 0.25) is 0 Å². The predicted molar refractivity (Wildman–Crippen MR) is 84.8 cm³/mol. The van der Waals surface area contributed by atoms with Gasteiger partial charge in [-0.25, -0.2) is 0 Å². The third kappa shape index (κ3) is 3.45. The highest BCUT2D eigenvalue weighted by Gasteiger charge is 2.24. The number of anilines is 1. The Labute approximate surface area is 128 Å². The van der Waals surface area contributed by atoms with E-state index in [0.29, 0.717) is 0 Å². The number of carbonyl (C=O) groups is 1. The molecule has 1 fully saturated rings. The number of hydrogen-bond donors (Lipinski definition) is 0. The summed E-state index contributed by atoms with van der Waals surface area (Å²) in [7, 11) is 1.67. The first-order valence-corrected chi connectivity index (χ1v) is 7.89. The second-order valence-electron chi connectivity index (χ2n) is 4.89. The Morgan fingerprint density at radius 1 is 1.25 bits per heavy atom. The Bertz CT molecular complexity index is 442. The lowest BCUT2D eigenvalue weighted by Gasteiger charge is -2.37. The number of halogens is 1. The Morgan fingerprint density at radius 2 is 1.85 bits per heavy atom. The van der Waals surface area contributed by atoms with Gasteiger partial charge < -0.3 is 14.5 Å². The lowest BCUT2D eigenvalue weighted by atomic mass is 10.2. The lowest BCUT2D eigenvalue weighted by molar-refractivity contribution is -0.130. The standard InChI is InChI=1S/C15H21BrN2O2/c1-3-14(16)15(19)18-10-8-17(9-11-18)12-4-6-13(20-2)7-5-12/h4-7,14H,3,8-11H2,1-2H3. The minimum absolute atomic E-state index is 0.0463. The molecule has 20 heavy (non-hydrogen) atoms. The summed E-state index contributed by atoms with van der Waals surface area (Å²) in [6.45, 7) is 5.34. The third-order valence-electron chi connectivity index (χ3n) is 3.66. The van der Waals surface area contributed by atoms with Gasteiger partial charge in [-0.1, -0.05) is 22.9 Å². The SMILES string of the molecule is CCC(Br)C(=O)N1CCN(c2ccc(OC)cc2)CC1. The number of hydrogen-bond acceptors (Lipinski definition) is 3. The van der Waals surface area contributed by atoms with Crippen LogP contribution in [0.5, 0.6) is 5.75 Å². The van der Waals surface area contributed by atoms with E-state index in [1.807, 2.05) is 24.0 Å². The zero-order valence-corrected chi connectivity index (χ0v) is 13.6. The molecule has 0 N–H and O–H groups in total. The summed E-state index contributed by atoms with van der Waals surface area (Å²) in [4.78, 5) is 16.3. The van der Waals surface area contributed by atoms with Gasteiger partial charge in [0.1, 0.15) is 5.75 Å². The fourth-order valence-corrected chi connectivity index (χ4v) is 2.64. The van der Waals surface area contributed by atoms with Crippen LogP contribution in [0.3, 0.4) is 0 Å². The molecule has 0 aliphatic carbocycles. The zero-order chi connectivity index (χ0) is 14.5. The first-order chi connectivity index (χ1) is 9.65. The molecule has 1 atom stereocenters. The summed E-state index contributed by atoms with van der Waals surface area (Å²) in [6, 6.07) is 8.07. The van der Waals surface area contributed by atoms with Crippen LogP contribution in [0.25, 0.3) is 0 Å². The molecular weight excluding hydrogens is 320 g/mol. The maximum Gasteiger partial charge on any atom is 0.236 e. The molecular formula is C15H21BrN2O2. The maximum atomic E-state index is 12.1. The van der Waals surface area contributed by atoms with Gasteiger partial charge in [0, 0.05) is 31.9 Å². The van der Waals surface area contributed by atoms with Gasteiger partial charge >= 0.3 is 0 Å². The molecule has 5 heteroatoms. The Morgan fingerprint density at radius 3 is 2.35 bits per heavy atom. The number of rotatable bonds is 4. The number of amides is 1. The molecule has 4 nitrogen and oxygen atoms in total. The van der Waals surface area contributed by atoms with Crippen LogP contribution in [-0.2, 0) is 4.79 Å². The second kappa shape index (κ2) is 6.97. The molecule has 1 aliphatic rings. The van der Waals surface area contributed by atoms with Crippen LogP contribution in [-0.4, -0.2) is 48.9 Å². The van der Waals surface area contributed by atoms with Crippen molar-refractivity contribution >= 4 is 27.5 Å². The summed E-state index contributed by atoms with van der Waals surface area (Å²) >= 11 is 3.43. The molecule has 2 rings (SSSR count). The first-order valence-electron chi connectivity index (χ1n) is 6.97. The predicted octanol–water partition coefficient (Wildman–Crippen LogP) is 2.52. The van der Waals surface area contributed by atoms with Gasteiger partial charge in [-0.15, -0.1) is 0 Å². The smallest absolute Gasteiger partial charge is 0.236 e. The van der Waals surface area contributed by atoms with Crippen LogP contribution >= 0.6 is 15.9 Å². The van der Waals surface area contributed by atoms with Crippen LogP contribution < -0.4 is 9.64 Å². The normalized spacial score (nSPS) is 16.9. The van der Waals surface area contributed by atoms with Crippen LogP contribution in [0.4, 0.5) is 5.69 Å². The zero-order valence-electron chi connectivity index (χ0n) is 12.0. The molecule has 0 bridgehead atoms. The van der Waals surface area contributed by atoms with E-state index >= 15 is 0 Å². The minimum atomic E-state index is -0.0463. The average Bonchev–Trinajstić information content (AvgIpc) is 2.53. The van der Waals surface area contributed by atoms with E-state index in [9.17, 15) is 4.79 Å². The fourth-order valence-electron chi connectivity index (χ4n) is 2.35. The molecule has 110 valence electrons. The van der Waals surface area contributed by atoms with Gasteiger partial charge in [0.2, 0.25) is 5.91 Å². The van der Waals surface area contributed by atoms with E-state index in [4.69, 9.17) is 4.74 Å². The van der Waals surface area contributed by atoms with E-state index in [0.717, 1.165) is 38.3 Å². The van der Waals surface area contributed by atoms with Gasteiger partial charge in [0.25, 0.3) is 0 Å². The second-order valence-corrected chi connectivity index (χ2v) is 5.99. The van der Waals surface area contributed by atoms with E-state index < -0.39 is 0 Å².